The van der Waals surface area contributed by atoms with E-state index in [1.54, 1.807) is 4.90 Å². The van der Waals surface area contributed by atoms with Crippen LogP contribution in [0.1, 0.15) is 43.0 Å². The zero-order valence-corrected chi connectivity index (χ0v) is 16.8. The van der Waals surface area contributed by atoms with Crippen LogP contribution in [0.4, 0.5) is 5.69 Å². The lowest BCUT2D eigenvalue weighted by molar-refractivity contribution is -0.122. The van der Waals surface area contributed by atoms with Gasteiger partial charge in [-0.2, -0.15) is 0 Å². The highest BCUT2D eigenvalue weighted by Crippen LogP contribution is 2.28. The molecule has 0 atom stereocenters. The van der Waals surface area contributed by atoms with Crippen molar-refractivity contribution in [3.63, 3.8) is 0 Å². The Bertz CT molecular complexity index is 1040. The summed E-state index contributed by atoms with van der Waals surface area (Å²) in [6, 6.07) is 11.1. The lowest BCUT2D eigenvalue weighted by Crippen LogP contribution is -2.28. The van der Waals surface area contributed by atoms with Crippen molar-refractivity contribution in [2.45, 2.75) is 32.6 Å². The Kier molecular flexibility index (Phi) is 5.29. The highest BCUT2D eigenvalue weighted by molar-refractivity contribution is 5.94. The molecule has 0 unspecified atom stereocenters. The van der Waals surface area contributed by atoms with Crippen molar-refractivity contribution in [3.05, 3.63) is 48.2 Å². The van der Waals surface area contributed by atoms with Crippen LogP contribution in [0.15, 0.2) is 42.6 Å². The number of hydrogen-bond acceptors (Lipinski definition) is 4. The van der Waals surface area contributed by atoms with Gasteiger partial charge in [-0.1, -0.05) is 25.5 Å². The minimum Gasteiger partial charge on any atom is -0.342 e. The zero-order valence-electron chi connectivity index (χ0n) is 16.8. The van der Waals surface area contributed by atoms with Gasteiger partial charge in [0.2, 0.25) is 5.91 Å². The lowest BCUT2D eigenvalue weighted by atomic mass is 9.85. The second kappa shape index (κ2) is 8.03. The van der Waals surface area contributed by atoms with Crippen molar-refractivity contribution < 1.29 is 9.59 Å². The molecule has 1 fully saturated rings. The minimum absolute atomic E-state index is 0.00509. The average molecular weight is 391 g/mol. The largest absolute Gasteiger partial charge is 0.342 e. The number of aromatic nitrogens is 3. The van der Waals surface area contributed by atoms with E-state index in [0.29, 0.717) is 17.0 Å². The summed E-state index contributed by atoms with van der Waals surface area (Å²) in [6.45, 7) is 2.77. The van der Waals surface area contributed by atoms with Gasteiger partial charge in [-0.25, -0.2) is 0 Å². The van der Waals surface area contributed by atoms with Crippen molar-refractivity contribution >= 4 is 23.1 Å². The second-order valence-electron chi connectivity index (χ2n) is 7.59. The fourth-order valence-corrected chi connectivity index (χ4v) is 3.50. The number of carbonyl (C=O) groups is 2. The summed E-state index contributed by atoms with van der Waals surface area (Å²) >= 11 is 0. The van der Waals surface area contributed by atoms with Gasteiger partial charge in [0, 0.05) is 36.8 Å². The summed E-state index contributed by atoms with van der Waals surface area (Å²) in [4.78, 5) is 26.4. The number of rotatable bonds is 6. The van der Waals surface area contributed by atoms with Crippen LogP contribution in [-0.4, -0.2) is 44.9 Å². The van der Waals surface area contributed by atoms with Gasteiger partial charge in [0.25, 0.3) is 5.91 Å². The summed E-state index contributed by atoms with van der Waals surface area (Å²) in [6.07, 6.45) is 5.81. The SMILES string of the molecule is CCCN(C)C(=O)c1ccc(-c2nnc3ccc(NC(=O)C4CCC4)cn23)cc1. The van der Waals surface area contributed by atoms with Gasteiger partial charge in [0.05, 0.1) is 5.69 Å². The summed E-state index contributed by atoms with van der Waals surface area (Å²) in [7, 11) is 1.81. The van der Waals surface area contributed by atoms with Gasteiger partial charge in [-0.15, -0.1) is 10.2 Å². The Balaban J connectivity index is 1.57. The van der Waals surface area contributed by atoms with Crippen LogP contribution in [0.2, 0.25) is 0 Å². The Hall–Kier alpha value is -3.22. The summed E-state index contributed by atoms with van der Waals surface area (Å²) in [5.74, 6) is 0.873. The molecule has 1 N–H and O–H groups in total. The normalized spacial score (nSPS) is 13.9. The molecule has 1 aromatic carbocycles. The maximum Gasteiger partial charge on any atom is 0.253 e. The number of pyridine rings is 1. The van der Waals surface area contributed by atoms with Gasteiger partial charge >= 0.3 is 0 Å². The van der Waals surface area contributed by atoms with Crippen LogP contribution in [0.5, 0.6) is 0 Å². The van der Waals surface area contributed by atoms with E-state index < -0.39 is 0 Å². The smallest absolute Gasteiger partial charge is 0.253 e. The molecule has 29 heavy (non-hydrogen) atoms. The molecular formula is C22H25N5O2. The summed E-state index contributed by atoms with van der Waals surface area (Å²) < 4.78 is 1.86. The highest BCUT2D eigenvalue weighted by atomic mass is 16.2. The fraction of sp³-hybridized carbons (Fsp3) is 0.364. The molecule has 0 saturated heterocycles. The van der Waals surface area contributed by atoms with Crippen LogP contribution in [0, 0.1) is 5.92 Å². The van der Waals surface area contributed by atoms with E-state index in [9.17, 15) is 9.59 Å². The van der Waals surface area contributed by atoms with Crippen LogP contribution in [0.25, 0.3) is 17.0 Å². The Labute approximate surface area is 169 Å². The molecule has 7 nitrogen and oxygen atoms in total. The molecular weight excluding hydrogens is 366 g/mol. The third kappa shape index (κ3) is 3.85. The number of fused-ring (bicyclic) bond motifs is 1. The van der Waals surface area contributed by atoms with E-state index in [0.717, 1.165) is 43.5 Å². The first kappa shape index (κ1) is 19.1. The first-order chi connectivity index (χ1) is 14.1. The van der Waals surface area contributed by atoms with Gasteiger partial charge in [-0.05, 0) is 43.5 Å². The van der Waals surface area contributed by atoms with Crippen molar-refractivity contribution in [2.75, 3.05) is 18.9 Å². The number of carbonyl (C=O) groups excluding carboxylic acids is 2. The van der Waals surface area contributed by atoms with Gasteiger partial charge in [0.15, 0.2) is 11.5 Å². The molecule has 3 aromatic rings. The standard InChI is InChI=1S/C22H25N5O2/c1-3-13-26(2)22(29)17-9-7-15(8-10-17)20-25-24-19-12-11-18(14-27(19)20)23-21(28)16-5-4-6-16/h7-12,14,16H,3-6,13H2,1-2H3,(H,23,28). The molecule has 4 rings (SSSR count). The first-order valence-corrected chi connectivity index (χ1v) is 10.1. The lowest BCUT2D eigenvalue weighted by Gasteiger charge is -2.24. The van der Waals surface area contributed by atoms with Crippen molar-refractivity contribution in [2.24, 2.45) is 5.92 Å². The molecule has 2 aromatic heterocycles. The predicted octanol–water partition coefficient (Wildman–Crippen LogP) is 3.62. The Morgan fingerprint density at radius 2 is 1.90 bits per heavy atom. The topological polar surface area (TPSA) is 79.6 Å². The molecule has 0 radical (unpaired) electrons. The first-order valence-electron chi connectivity index (χ1n) is 10.1. The molecule has 1 aliphatic carbocycles. The summed E-state index contributed by atoms with van der Waals surface area (Å²) in [5, 5.41) is 11.5. The summed E-state index contributed by atoms with van der Waals surface area (Å²) in [5.41, 5.74) is 2.93. The van der Waals surface area contributed by atoms with Gasteiger partial charge in [-0.3, -0.25) is 14.0 Å². The fourth-order valence-electron chi connectivity index (χ4n) is 3.50. The average Bonchev–Trinajstić information content (AvgIpc) is 3.09. The van der Waals surface area contributed by atoms with E-state index in [-0.39, 0.29) is 17.7 Å². The number of hydrogen-bond donors (Lipinski definition) is 1. The molecule has 7 heteroatoms. The van der Waals surface area contributed by atoms with Crippen LogP contribution < -0.4 is 5.32 Å². The zero-order chi connectivity index (χ0) is 20.4. The van der Waals surface area contributed by atoms with Gasteiger partial charge < -0.3 is 10.2 Å². The predicted molar refractivity (Wildman–Crippen MR) is 112 cm³/mol. The van der Waals surface area contributed by atoms with E-state index >= 15 is 0 Å². The maximum absolute atomic E-state index is 12.4. The van der Waals surface area contributed by atoms with Crippen LogP contribution in [0.3, 0.4) is 0 Å². The molecule has 2 heterocycles. The Morgan fingerprint density at radius 1 is 1.14 bits per heavy atom. The van der Waals surface area contributed by atoms with E-state index in [4.69, 9.17) is 0 Å². The maximum atomic E-state index is 12.4. The molecule has 1 saturated carbocycles. The highest BCUT2D eigenvalue weighted by Gasteiger charge is 2.25. The molecule has 150 valence electrons. The monoisotopic (exact) mass is 391 g/mol. The van der Waals surface area contributed by atoms with Crippen LogP contribution >= 0.6 is 0 Å². The second-order valence-corrected chi connectivity index (χ2v) is 7.59. The van der Waals surface area contributed by atoms with Crippen molar-refractivity contribution in [1.29, 1.82) is 0 Å². The quantitative estimate of drug-likeness (QED) is 0.696. The van der Waals surface area contributed by atoms with Crippen LogP contribution in [-0.2, 0) is 4.79 Å². The van der Waals surface area contributed by atoms with E-state index in [2.05, 4.69) is 15.5 Å². The van der Waals surface area contributed by atoms with Crippen molar-refractivity contribution in [1.82, 2.24) is 19.5 Å². The number of nitrogens with one attached hydrogen (secondary N) is 1. The Morgan fingerprint density at radius 3 is 2.55 bits per heavy atom. The number of anilines is 1. The number of amides is 2. The third-order valence-corrected chi connectivity index (χ3v) is 5.44. The third-order valence-electron chi connectivity index (χ3n) is 5.44. The molecule has 2 amide bonds. The van der Waals surface area contributed by atoms with E-state index in [1.165, 1.54) is 0 Å². The number of benzene rings is 1. The van der Waals surface area contributed by atoms with Gasteiger partial charge in [0.1, 0.15) is 0 Å². The van der Waals surface area contributed by atoms with E-state index in [1.807, 2.05) is 61.0 Å². The number of nitrogens with zero attached hydrogens (tertiary/aromatic N) is 4. The molecule has 1 aliphatic rings. The molecule has 0 aliphatic heterocycles. The minimum atomic E-state index is 0.00509. The van der Waals surface area contributed by atoms with Crippen molar-refractivity contribution in [3.8, 4) is 11.4 Å². The molecule has 0 spiro atoms. The molecule has 0 bridgehead atoms.